The zero-order chi connectivity index (χ0) is 24.2. The summed E-state index contributed by atoms with van der Waals surface area (Å²) in [5.74, 6) is -0.426. The molecule has 0 saturated heterocycles. The molecule has 3 aromatic carbocycles. The summed E-state index contributed by atoms with van der Waals surface area (Å²) in [6.07, 6.45) is -4.15. The summed E-state index contributed by atoms with van der Waals surface area (Å²) in [5.41, 5.74) is 0.708. The minimum Gasteiger partial charge on any atom is -0.354 e. The second-order valence-electron chi connectivity index (χ2n) is 7.04. The quantitative estimate of drug-likeness (QED) is 0.311. The summed E-state index contributed by atoms with van der Waals surface area (Å²) < 4.78 is 39.0. The maximum Gasteiger partial charge on any atom is 0.432 e. The van der Waals surface area contributed by atoms with E-state index in [-0.39, 0.29) is 11.3 Å². The predicted molar refractivity (Wildman–Crippen MR) is 127 cm³/mol. The predicted octanol–water partition coefficient (Wildman–Crippen LogP) is 7.59. The van der Waals surface area contributed by atoms with Gasteiger partial charge >= 0.3 is 6.18 Å². The van der Waals surface area contributed by atoms with E-state index in [1.807, 2.05) is 0 Å². The van der Waals surface area contributed by atoms with E-state index in [0.717, 1.165) is 5.56 Å². The van der Waals surface area contributed by atoms with Crippen molar-refractivity contribution in [3.8, 4) is 0 Å². The minimum absolute atomic E-state index is 0.000619. The van der Waals surface area contributed by atoms with Crippen LogP contribution in [0.3, 0.4) is 0 Å². The van der Waals surface area contributed by atoms with Crippen LogP contribution in [0.5, 0.6) is 0 Å². The number of carbonyl (C=O) groups is 1. The first-order valence-corrected chi connectivity index (χ1v) is 10.4. The minimum atomic E-state index is -4.82. The number of aryl methyl sites for hydroxylation is 1. The number of benzene rings is 3. The topological polar surface area (TPSA) is 65.0 Å². The smallest absolute Gasteiger partial charge is 0.354 e. The number of allylic oxidation sites excluding steroid dienone is 1. The highest BCUT2D eigenvalue weighted by Crippen LogP contribution is 2.28. The van der Waals surface area contributed by atoms with Crippen molar-refractivity contribution in [3.63, 3.8) is 0 Å². The van der Waals surface area contributed by atoms with Gasteiger partial charge in [0.2, 0.25) is 0 Å². The van der Waals surface area contributed by atoms with E-state index in [9.17, 15) is 18.0 Å². The second-order valence-corrected chi connectivity index (χ2v) is 7.85. The lowest BCUT2D eigenvalue weighted by atomic mass is 10.1. The molecule has 0 aliphatic carbocycles. The molecule has 4 nitrogen and oxygen atoms in total. The Labute approximate surface area is 198 Å². The lowest BCUT2D eigenvalue weighted by molar-refractivity contribution is -0.0583. The van der Waals surface area contributed by atoms with Crippen LogP contribution in [0.15, 0.2) is 72.8 Å². The fourth-order valence-electron chi connectivity index (χ4n) is 2.90. The Morgan fingerprint density at radius 3 is 2.09 bits per heavy atom. The SMILES string of the molecule is Cc1cccc(Cl)c1NC(=O)c1ccc(/C(=C/C(=N)C(F)(F)F)Nc2ccccc2Cl)cc1. The summed E-state index contributed by atoms with van der Waals surface area (Å²) in [5, 5.41) is 13.6. The van der Waals surface area contributed by atoms with Crippen molar-refractivity contribution in [2.45, 2.75) is 13.1 Å². The Hall–Kier alpha value is -3.29. The fourth-order valence-corrected chi connectivity index (χ4v) is 3.35. The number of hydrogen-bond acceptors (Lipinski definition) is 3. The van der Waals surface area contributed by atoms with Crippen LogP contribution in [0.4, 0.5) is 24.5 Å². The molecule has 0 spiro atoms. The Morgan fingerprint density at radius 1 is 0.879 bits per heavy atom. The van der Waals surface area contributed by atoms with Gasteiger partial charge in [0.15, 0.2) is 0 Å². The van der Waals surface area contributed by atoms with Crippen molar-refractivity contribution in [2.75, 3.05) is 10.6 Å². The maximum absolute atomic E-state index is 13.0. The Bertz CT molecular complexity index is 1200. The molecule has 0 fully saturated rings. The van der Waals surface area contributed by atoms with Gasteiger partial charge in [-0.15, -0.1) is 0 Å². The summed E-state index contributed by atoms with van der Waals surface area (Å²) in [7, 11) is 0. The lowest BCUT2D eigenvalue weighted by Crippen LogP contribution is -2.20. The molecule has 0 saturated carbocycles. The average molecular weight is 492 g/mol. The first-order chi connectivity index (χ1) is 15.6. The van der Waals surface area contributed by atoms with E-state index in [2.05, 4.69) is 10.6 Å². The molecule has 3 aromatic rings. The molecule has 0 heterocycles. The van der Waals surface area contributed by atoms with Crippen molar-refractivity contribution in [1.82, 2.24) is 0 Å². The molecule has 0 unspecified atom stereocenters. The Balaban J connectivity index is 1.90. The van der Waals surface area contributed by atoms with Gasteiger partial charge in [0.05, 0.1) is 21.4 Å². The number of nitrogens with one attached hydrogen (secondary N) is 3. The number of amides is 1. The molecule has 170 valence electrons. The summed E-state index contributed by atoms with van der Waals surface area (Å²) in [6, 6.07) is 17.7. The first kappa shape index (κ1) is 24.4. The van der Waals surface area contributed by atoms with Crippen LogP contribution in [0.1, 0.15) is 21.5 Å². The first-order valence-electron chi connectivity index (χ1n) is 9.62. The fraction of sp³-hybridized carbons (Fsp3) is 0.0833. The van der Waals surface area contributed by atoms with Crippen LogP contribution in [-0.4, -0.2) is 17.8 Å². The van der Waals surface area contributed by atoms with E-state index in [1.54, 1.807) is 49.4 Å². The zero-order valence-electron chi connectivity index (χ0n) is 17.2. The Morgan fingerprint density at radius 2 is 1.48 bits per heavy atom. The molecular weight excluding hydrogens is 474 g/mol. The third-order valence-electron chi connectivity index (χ3n) is 4.66. The van der Waals surface area contributed by atoms with Crippen LogP contribution in [-0.2, 0) is 0 Å². The van der Waals surface area contributed by atoms with Crippen LogP contribution in [0, 0.1) is 12.3 Å². The van der Waals surface area contributed by atoms with Crippen LogP contribution < -0.4 is 10.6 Å². The summed E-state index contributed by atoms with van der Waals surface area (Å²) in [4.78, 5) is 12.6. The van der Waals surface area contributed by atoms with E-state index in [4.69, 9.17) is 28.6 Å². The second kappa shape index (κ2) is 10.1. The average Bonchev–Trinajstić information content (AvgIpc) is 2.76. The van der Waals surface area contributed by atoms with Gasteiger partial charge in [-0.2, -0.15) is 13.2 Å². The van der Waals surface area contributed by atoms with E-state index in [1.165, 1.54) is 24.3 Å². The van der Waals surface area contributed by atoms with Gasteiger partial charge in [0, 0.05) is 11.3 Å². The normalized spacial score (nSPS) is 11.8. The molecule has 0 bridgehead atoms. The van der Waals surface area contributed by atoms with Gasteiger partial charge in [-0.1, -0.05) is 59.6 Å². The third-order valence-corrected chi connectivity index (χ3v) is 5.30. The van der Waals surface area contributed by atoms with Crippen molar-refractivity contribution in [2.24, 2.45) is 0 Å². The van der Waals surface area contributed by atoms with Gasteiger partial charge < -0.3 is 10.6 Å². The van der Waals surface area contributed by atoms with E-state index < -0.39 is 17.8 Å². The molecule has 0 aliphatic heterocycles. The lowest BCUT2D eigenvalue weighted by Gasteiger charge is -2.15. The molecular formula is C24H18Cl2F3N3O. The summed E-state index contributed by atoms with van der Waals surface area (Å²) >= 11 is 12.3. The highest BCUT2D eigenvalue weighted by molar-refractivity contribution is 6.34. The molecule has 0 radical (unpaired) electrons. The number of para-hydroxylation sites is 2. The number of rotatable bonds is 6. The molecule has 3 rings (SSSR count). The number of anilines is 2. The van der Waals surface area contributed by atoms with Crippen LogP contribution in [0.2, 0.25) is 10.0 Å². The summed E-state index contributed by atoms with van der Waals surface area (Å²) in [6.45, 7) is 1.80. The molecule has 3 N–H and O–H groups in total. The maximum atomic E-state index is 13.0. The molecule has 1 amide bonds. The van der Waals surface area contributed by atoms with Crippen molar-refractivity contribution >= 4 is 51.9 Å². The molecule has 0 aromatic heterocycles. The van der Waals surface area contributed by atoms with Gasteiger partial charge in [-0.05, 0) is 54.5 Å². The number of halogens is 5. The molecule has 33 heavy (non-hydrogen) atoms. The third kappa shape index (κ3) is 6.15. The molecule has 0 aliphatic rings. The van der Waals surface area contributed by atoms with Crippen LogP contribution >= 0.6 is 23.2 Å². The number of hydrogen-bond donors (Lipinski definition) is 3. The van der Waals surface area contributed by atoms with E-state index in [0.29, 0.717) is 33.1 Å². The van der Waals surface area contributed by atoms with Gasteiger partial charge in [-0.25, -0.2) is 0 Å². The highest BCUT2D eigenvalue weighted by Gasteiger charge is 2.33. The Kier molecular flexibility index (Phi) is 7.46. The monoisotopic (exact) mass is 491 g/mol. The van der Waals surface area contributed by atoms with Gasteiger partial charge in [0.1, 0.15) is 5.71 Å². The van der Waals surface area contributed by atoms with E-state index >= 15 is 0 Å². The molecule has 9 heteroatoms. The standard InChI is InChI=1S/C24H18Cl2F3N3O/c1-14-5-4-7-18(26)22(14)32-23(33)16-11-9-15(10-12-16)20(13-21(30)24(27,28)29)31-19-8-3-2-6-17(19)25/h2-13,30-31H,1H3,(H,32,33)/b20-13-,30-21?. The van der Waals surface area contributed by atoms with Gasteiger partial charge in [-0.3, -0.25) is 10.2 Å². The van der Waals surface area contributed by atoms with Crippen LogP contribution in [0.25, 0.3) is 5.70 Å². The van der Waals surface area contributed by atoms with Gasteiger partial charge in [0.25, 0.3) is 5.91 Å². The zero-order valence-corrected chi connectivity index (χ0v) is 18.7. The molecule has 0 atom stereocenters. The van der Waals surface area contributed by atoms with Crippen molar-refractivity contribution < 1.29 is 18.0 Å². The largest absolute Gasteiger partial charge is 0.432 e. The highest BCUT2D eigenvalue weighted by atomic mass is 35.5. The van der Waals surface area contributed by atoms with Crippen molar-refractivity contribution in [1.29, 1.82) is 5.41 Å². The number of alkyl halides is 3. The number of carbonyl (C=O) groups excluding carboxylic acids is 1. The van der Waals surface area contributed by atoms with Crippen molar-refractivity contribution in [3.05, 3.63) is 99.5 Å².